The summed E-state index contributed by atoms with van der Waals surface area (Å²) in [7, 11) is 0. The van der Waals surface area contributed by atoms with Crippen molar-refractivity contribution >= 4 is 0 Å². The second-order valence-corrected chi connectivity index (χ2v) is 5.63. The summed E-state index contributed by atoms with van der Waals surface area (Å²) in [6.07, 6.45) is 6.28. The lowest BCUT2D eigenvalue weighted by molar-refractivity contribution is -0.0496. The minimum atomic E-state index is -0.310. The Balaban J connectivity index is 2.50. The molecular formula is C14H26O2. The Labute approximate surface area is 99.7 Å². The molecule has 0 aromatic heterocycles. The fraction of sp³-hybridized carbons (Fsp3) is 0.857. The van der Waals surface area contributed by atoms with Crippen LogP contribution in [0.15, 0.2) is 11.6 Å². The van der Waals surface area contributed by atoms with Crippen LogP contribution in [-0.4, -0.2) is 23.9 Å². The maximum atomic E-state index is 9.69. The van der Waals surface area contributed by atoms with Gasteiger partial charge < -0.3 is 9.84 Å². The van der Waals surface area contributed by atoms with Crippen LogP contribution < -0.4 is 0 Å². The lowest BCUT2D eigenvalue weighted by Crippen LogP contribution is -2.37. The van der Waals surface area contributed by atoms with Crippen molar-refractivity contribution in [2.75, 3.05) is 6.61 Å². The van der Waals surface area contributed by atoms with Crippen molar-refractivity contribution in [3.63, 3.8) is 0 Å². The molecule has 1 aliphatic carbocycles. The summed E-state index contributed by atoms with van der Waals surface area (Å²) in [5, 5.41) is 9.69. The SMILES string of the molecule is CCCC(O)COC1C(C)=CCCC1(C)C. The first-order valence-electron chi connectivity index (χ1n) is 6.43. The summed E-state index contributed by atoms with van der Waals surface area (Å²) in [4.78, 5) is 0. The van der Waals surface area contributed by atoms with Crippen molar-refractivity contribution in [1.29, 1.82) is 0 Å². The predicted molar refractivity (Wildman–Crippen MR) is 67.4 cm³/mol. The van der Waals surface area contributed by atoms with Crippen molar-refractivity contribution in [1.82, 2.24) is 0 Å². The molecule has 1 N–H and O–H groups in total. The molecule has 2 nitrogen and oxygen atoms in total. The summed E-state index contributed by atoms with van der Waals surface area (Å²) >= 11 is 0. The van der Waals surface area contributed by atoms with Crippen LogP contribution in [0.3, 0.4) is 0 Å². The van der Waals surface area contributed by atoms with Crippen molar-refractivity contribution < 1.29 is 9.84 Å². The van der Waals surface area contributed by atoms with Crippen LogP contribution in [0.25, 0.3) is 0 Å². The first-order valence-corrected chi connectivity index (χ1v) is 6.43. The van der Waals surface area contributed by atoms with E-state index in [9.17, 15) is 5.11 Å². The fourth-order valence-corrected chi connectivity index (χ4v) is 2.51. The van der Waals surface area contributed by atoms with E-state index in [1.807, 2.05) is 0 Å². The van der Waals surface area contributed by atoms with Crippen LogP contribution >= 0.6 is 0 Å². The van der Waals surface area contributed by atoms with Crippen LogP contribution in [0, 0.1) is 5.41 Å². The van der Waals surface area contributed by atoms with E-state index in [1.165, 1.54) is 12.0 Å². The molecule has 0 aliphatic heterocycles. The Morgan fingerprint density at radius 3 is 2.81 bits per heavy atom. The van der Waals surface area contributed by atoms with Gasteiger partial charge in [0, 0.05) is 0 Å². The van der Waals surface area contributed by atoms with Crippen LogP contribution in [-0.2, 0) is 4.74 Å². The zero-order chi connectivity index (χ0) is 12.2. The molecule has 2 atom stereocenters. The molecule has 16 heavy (non-hydrogen) atoms. The molecule has 0 saturated carbocycles. The number of aliphatic hydroxyl groups is 1. The van der Waals surface area contributed by atoms with E-state index in [1.54, 1.807) is 0 Å². The van der Waals surface area contributed by atoms with Crippen molar-refractivity contribution in [2.45, 2.75) is 65.6 Å². The molecule has 0 heterocycles. The first-order chi connectivity index (χ1) is 7.47. The highest BCUT2D eigenvalue weighted by Gasteiger charge is 2.33. The molecule has 1 aliphatic rings. The van der Waals surface area contributed by atoms with Gasteiger partial charge in [0.05, 0.1) is 18.8 Å². The van der Waals surface area contributed by atoms with Crippen molar-refractivity contribution in [2.24, 2.45) is 5.41 Å². The van der Waals surface area contributed by atoms with Gasteiger partial charge in [0.2, 0.25) is 0 Å². The molecule has 0 amide bonds. The quantitative estimate of drug-likeness (QED) is 0.729. The second kappa shape index (κ2) is 5.83. The normalized spacial score (nSPS) is 26.3. The molecule has 94 valence electrons. The average Bonchev–Trinajstić information content (AvgIpc) is 2.16. The van der Waals surface area contributed by atoms with E-state index in [0.29, 0.717) is 6.61 Å². The maximum Gasteiger partial charge on any atom is 0.0834 e. The molecule has 0 spiro atoms. The van der Waals surface area contributed by atoms with E-state index in [-0.39, 0.29) is 17.6 Å². The molecule has 0 bridgehead atoms. The zero-order valence-corrected chi connectivity index (χ0v) is 11.1. The van der Waals surface area contributed by atoms with Gasteiger partial charge in [-0.2, -0.15) is 0 Å². The van der Waals surface area contributed by atoms with Crippen LogP contribution in [0.2, 0.25) is 0 Å². The lowest BCUT2D eigenvalue weighted by atomic mass is 9.75. The Kier molecular flexibility index (Phi) is 5.00. The Bertz CT molecular complexity index is 243. The molecule has 0 aromatic carbocycles. The molecular weight excluding hydrogens is 200 g/mol. The van der Waals surface area contributed by atoms with Crippen LogP contribution in [0.1, 0.15) is 53.4 Å². The number of hydrogen-bond donors (Lipinski definition) is 1. The number of hydrogen-bond acceptors (Lipinski definition) is 2. The van der Waals surface area contributed by atoms with Gasteiger partial charge in [0.15, 0.2) is 0 Å². The molecule has 2 unspecified atom stereocenters. The average molecular weight is 226 g/mol. The lowest BCUT2D eigenvalue weighted by Gasteiger charge is -2.38. The Morgan fingerprint density at radius 2 is 2.25 bits per heavy atom. The Morgan fingerprint density at radius 1 is 1.56 bits per heavy atom. The van der Waals surface area contributed by atoms with E-state index in [2.05, 4.69) is 33.8 Å². The van der Waals surface area contributed by atoms with Gasteiger partial charge in [0.25, 0.3) is 0 Å². The van der Waals surface area contributed by atoms with E-state index < -0.39 is 0 Å². The summed E-state index contributed by atoms with van der Waals surface area (Å²) in [5.74, 6) is 0. The van der Waals surface area contributed by atoms with Gasteiger partial charge in [-0.25, -0.2) is 0 Å². The van der Waals surface area contributed by atoms with Gasteiger partial charge >= 0.3 is 0 Å². The number of ether oxygens (including phenoxy) is 1. The maximum absolute atomic E-state index is 9.69. The first kappa shape index (κ1) is 13.7. The fourth-order valence-electron chi connectivity index (χ4n) is 2.51. The van der Waals surface area contributed by atoms with Gasteiger partial charge in [-0.15, -0.1) is 0 Å². The van der Waals surface area contributed by atoms with E-state index >= 15 is 0 Å². The van der Waals surface area contributed by atoms with Gasteiger partial charge in [0.1, 0.15) is 0 Å². The van der Waals surface area contributed by atoms with Crippen molar-refractivity contribution in [3.8, 4) is 0 Å². The third kappa shape index (κ3) is 3.60. The topological polar surface area (TPSA) is 29.5 Å². The zero-order valence-electron chi connectivity index (χ0n) is 11.1. The summed E-state index contributed by atoms with van der Waals surface area (Å²) < 4.78 is 5.91. The molecule has 0 aromatic rings. The van der Waals surface area contributed by atoms with E-state index in [4.69, 9.17) is 4.74 Å². The third-order valence-corrected chi connectivity index (χ3v) is 3.46. The Hall–Kier alpha value is -0.340. The third-order valence-electron chi connectivity index (χ3n) is 3.46. The molecule has 0 radical (unpaired) electrons. The minimum Gasteiger partial charge on any atom is -0.391 e. The number of rotatable bonds is 5. The molecule has 1 rings (SSSR count). The van der Waals surface area contributed by atoms with Gasteiger partial charge in [-0.1, -0.05) is 33.3 Å². The van der Waals surface area contributed by atoms with Crippen molar-refractivity contribution in [3.05, 3.63) is 11.6 Å². The highest BCUT2D eigenvalue weighted by molar-refractivity contribution is 5.13. The number of aliphatic hydroxyl groups excluding tert-OH is 1. The standard InChI is InChI=1S/C14H26O2/c1-5-7-12(15)10-16-13-11(2)8-6-9-14(13,3)4/h8,12-13,15H,5-7,9-10H2,1-4H3. The highest BCUT2D eigenvalue weighted by Crippen LogP contribution is 2.37. The minimum absolute atomic E-state index is 0.174. The largest absolute Gasteiger partial charge is 0.391 e. The highest BCUT2D eigenvalue weighted by atomic mass is 16.5. The summed E-state index contributed by atoms with van der Waals surface area (Å²) in [5.41, 5.74) is 1.52. The molecule has 2 heteroatoms. The second-order valence-electron chi connectivity index (χ2n) is 5.63. The summed E-state index contributed by atoms with van der Waals surface area (Å²) in [6, 6.07) is 0. The van der Waals surface area contributed by atoms with E-state index in [0.717, 1.165) is 19.3 Å². The molecule has 0 saturated heterocycles. The predicted octanol–water partition coefficient (Wildman–Crippen LogP) is 3.30. The van der Waals surface area contributed by atoms with Gasteiger partial charge in [-0.05, 0) is 37.2 Å². The monoisotopic (exact) mass is 226 g/mol. The summed E-state index contributed by atoms with van der Waals surface area (Å²) in [6.45, 7) is 9.19. The smallest absolute Gasteiger partial charge is 0.0834 e. The van der Waals surface area contributed by atoms with Gasteiger partial charge in [-0.3, -0.25) is 0 Å². The molecule has 0 fully saturated rings. The number of allylic oxidation sites excluding steroid dienone is 1. The van der Waals surface area contributed by atoms with Crippen LogP contribution in [0.5, 0.6) is 0 Å². The van der Waals surface area contributed by atoms with Crippen LogP contribution in [0.4, 0.5) is 0 Å².